The summed E-state index contributed by atoms with van der Waals surface area (Å²) in [6, 6.07) is 11.8. The van der Waals surface area contributed by atoms with Crippen LogP contribution in [0.4, 0.5) is 0 Å². The van der Waals surface area contributed by atoms with Gasteiger partial charge in [-0.2, -0.15) is 8.42 Å². The van der Waals surface area contributed by atoms with Crippen LogP contribution in [0.3, 0.4) is 0 Å². The van der Waals surface area contributed by atoms with Gasteiger partial charge >= 0.3 is 10.1 Å². The van der Waals surface area contributed by atoms with E-state index in [1.165, 1.54) is 12.1 Å². The maximum Gasteiger partial charge on any atom is 0.306 e. The molecule has 3 rings (SSSR count). The molecule has 2 aromatic carbocycles. The van der Waals surface area contributed by atoms with E-state index < -0.39 is 10.1 Å². The van der Waals surface area contributed by atoms with Crippen molar-refractivity contribution in [1.82, 2.24) is 10.2 Å². The van der Waals surface area contributed by atoms with Crippen molar-refractivity contribution in [3.05, 3.63) is 58.6 Å². The van der Waals surface area contributed by atoms with E-state index in [4.69, 9.17) is 20.5 Å². The van der Waals surface area contributed by atoms with Gasteiger partial charge in [0.15, 0.2) is 0 Å². The molecule has 0 unspecified atom stereocenters. The maximum atomic E-state index is 13.5. The minimum absolute atomic E-state index is 0.0550. The Morgan fingerprint density at radius 1 is 1.19 bits per heavy atom. The molecule has 1 heterocycles. The molecular formula is C22H27ClN2O5S. The van der Waals surface area contributed by atoms with Gasteiger partial charge in [0.2, 0.25) is 0 Å². The lowest BCUT2D eigenvalue weighted by Gasteiger charge is -2.35. The average Bonchev–Trinajstić information content (AvgIpc) is 2.73. The minimum atomic E-state index is -3.68. The number of amides is 1. The number of benzene rings is 2. The van der Waals surface area contributed by atoms with E-state index in [2.05, 4.69) is 5.32 Å². The van der Waals surface area contributed by atoms with Crippen LogP contribution in [0, 0.1) is 0 Å². The van der Waals surface area contributed by atoms with E-state index in [0.717, 1.165) is 37.8 Å². The normalized spacial score (nSPS) is 14.8. The van der Waals surface area contributed by atoms with Crippen LogP contribution in [0.25, 0.3) is 0 Å². The second-order valence-corrected chi connectivity index (χ2v) is 9.41. The fourth-order valence-electron chi connectivity index (χ4n) is 3.62. The number of hydrogen-bond acceptors (Lipinski definition) is 6. The number of halogens is 1. The highest BCUT2D eigenvalue weighted by Crippen LogP contribution is 2.28. The number of hydrogen-bond donors (Lipinski definition) is 1. The molecule has 9 heteroatoms. The monoisotopic (exact) mass is 466 g/mol. The van der Waals surface area contributed by atoms with Crippen LogP contribution in [-0.2, 0) is 16.7 Å². The Kier molecular flexibility index (Phi) is 7.80. The third-order valence-corrected chi connectivity index (χ3v) is 5.79. The largest absolute Gasteiger partial charge is 0.492 e. The van der Waals surface area contributed by atoms with Gasteiger partial charge in [-0.05, 0) is 68.8 Å². The predicted molar refractivity (Wildman–Crippen MR) is 120 cm³/mol. The zero-order valence-electron chi connectivity index (χ0n) is 17.6. The van der Waals surface area contributed by atoms with Crippen molar-refractivity contribution < 1.29 is 22.1 Å². The van der Waals surface area contributed by atoms with Gasteiger partial charge in [-0.25, -0.2) is 0 Å². The first kappa shape index (κ1) is 23.4. The topological polar surface area (TPSA) is 84.9 Å². The van der Waals surface area contributed by atoms with Gasteiger partial charge < -0.3 is 19.1 Å². The van der Waals surface area contributed by atoms with E-state index in [9.17, 15) is 13.2 Å². The number of nitrogens with zero attached hydrogens (tertiary/aromatic N) is 1. The average molecular weight is 467 g/mol. The molecule has 2 aromatic rings. The zero-order valence-corrected chi connectivity index (χ0v) is 19.2. The van der Waals surface area contributed by atoms with Crippen LogP contribution >= 0.6 is 11.6 Å². The molecule has 168 valence electrons. The zero-order chi connectivity index (χ0) is 22.4. The quantitative estimate of drug-likeness (QED) is 0.599. The molecule has 0 aliphatic carbocycles. The first-order valence-corrected chi connectivity index (χ1v) is 12.4. The first-order chi connectivity index (χ1) is 14.8. The van der Waals surface area contributed by atoms with Crippen molar-refractivity contribution in [3.8, 4) is 11.5 Å². The van der Waals surface area contributed by atoms with E-state index >= 15 is 0 Å². The summed E-state index contributed by atoms with van der Waals surface area (Å²) in [5.41, 5.74) is 1.28. The molecule has 1 aliphatic heterocycles. The fourth-order valence-corrected chi connectivity index (χ4v) is 4.24. The molecule has 0 bridgehead atoms. The number of piperidine rings is 1. The first-order valence-electron chi connectivity index (χ1n) is 10.2. The third kappa shape index (κ3) is 6.59. The number of carbonyl (C=O) groups excluding carboxylic acids is 1. The van der Waals surface area contributed by atoms with Gasteiger partial charge in [-0.1, -0.05) is 23.7 Å². The van der Waals surface area contributed by atoms with Crippen molar-refractivity contribution in [3.63, 3.8) is 0 Å². The molecule has 1 fully saturated rings. The third-order valence-electron chi connectivity index (χ3n) is 4.99. The maximum absolute atomic E-state index is 13.5. The van der Waals surface area contributed by atoms with Gasteiger partial charge in [-0.3, -0.25) is 4.79 Å². The van der Waals surface area contributed by atoms with E-state index in [0.29, 0.717) is 29.5 Å². The second-order valence-electron chi connectivity index (χ2n) is 7.43. The van der Waals surface area contributed by atoms with Gasteiger partial charge in [0.1, 0.15) is 11.5 Å². The second kappa shape index (κ2) is 10.3. The molecule has 0 spiro atoms. The molecule has 0 atom stereocenters. The minimum Gasteiger partial charge on any atom is -0.492 e. The SMILES string of the molecule is CCOc1cc(CN(C(=O)c2cccc(OS(C)(=O)=O)c2)C2CCNCC2)ccc1Cl. The fraction of sp³-hybridized carbons (Fsp3) is 0.409. The van der Waals surface area contributed by atoms with Crippen LogP contribution in [-0.4, -0.2) is 51.2 Å². The van der Waals surface area contributed by atoms with Crippen LogP contribution in [0.5, 0.6) is 11.5 Å². The Labute approximate surface area is 188 Å². The van der Waals surface area contributed by atoms with E-state index in [1.807, 2.05) is 24.0 Å². The lowest BCUT2D eigenvalue weighted by Crippen LogP contribution is -2.45. The molecular weight excluding hydrogens is 440 g/mol. The number of nitrogens with one attached hydrogen (secondary N) is 1. The van der Waals surface area contributed by atoms with Crippen molar-refractivity contribution in [2.24, 2.45) is 0 Å². The molecule has 1 aliphatic rings. The molecule has 0 saturated carbocycles. The molecule has 0 radical (unpaired) electrons. The molecule has 1 saturated heterocycles. The summed E-state index contributed by atoms with van der Waals surface area (Å²) >= 11 is 6.21. The summed E-state index contributed by atoms with van der Waals surface area (Å²) in [4.78, 5) is 15.3. The highest BCUT2D eigenvalue weighted by atomic mass is 35.5. The van der Waals surface area contributed by atoms with Crippen molar-refractivity contribution in [2.75, 3.05) is 26.0 Å². The lowest BCUT2D eigenvalue weighted by molar-refractivity contribution is 0.0622. The highest BCUT2D eigenvalue weighted by molar-refractivity contribution is 7.86. The molecule has 1 N–H and O–H groups in total. The van der Waals surface area contributed by atoms with Crippen LogP contribution in [0.1, 0.15) is 35.7 Å². The lowest BCUT2D eigenvalue weighted by atomic mass is 10.0. The Balaban J connectivity index is 1.90. The van der Waals surface area contributed by atoms with Crippen LogP contribution < -0.4 is 14.2 Å². The Morgan fingerprint density at radius 2 is 1.94 bits per heavy atom. The van der Waals surface area contributed by atoms with Gasteiger partial charge in [-0.15, -0.1) is 0 Å². The molecule has 0 aromatic heterocycles. The summed E-state index contributed by atoms with van der Waals surface area (Å²) in [5.74, 6) is 0.519. The molecule has 7 nitrogen and oxygen atoms in total. The molecule has 31 heavy (non-hydrogen) atoms. The van der Waals surface area contributed by atoms with E-state index in [-0.39, 0.29) is 17.7 Å². The van der Waals surface area contributed by atoms with E-state index in [1.54, 1.807) is 18.2 Å². The summed E-state index contributed by atoms with van der Waals surface area (Å²) in [6.07, 6.45) is 2.63. The molecule has 1 amide bonds. The Morgan fingerprint density at radius 3 is 2.61 bits per heavy atom. The predicted octanol–water partition coefficient (Wildman–Crippen LogP) is 3.47. The Hall–Kier alpha value is -2.29. The summed E-state index contributed by atoms with van der Waals surface area (Å²) in [7, 11) is -3.68. The van der Waals surface area contributed by atoms with Crippen LogP contribution in [0.2, 0.25) is 5.02 Å². The van der Waals surface area contributed by atoms with Gasteiger partial charge in [0, 0.05) is 18.2 Å². The Bertz CT molecular complexity index is 1020. The van der Waals surface area contributed by atoms with Crippen molar-refractivity contribution in [1.29, 1.82) is 0 Å². The highest BCUT2D eigenvalue weighted by Gasteiger charge is 2.27. The number of ether oxygens (including phenoxy) is 1. The summed E-state index contributed by atoms with van der Waals surface area (Å²) < 4.78 is 33.5. The van der Waals surface area contributed by atoms with Gasteiger partial charge in [0.05, 0.1) is 17.9 Å². The van der Waals surface area contributed by atoms with Crippen molar-refractivity contribution >= 4 is 27.6 Å². The van der Waals surface area contributed by atoms with Crippen molar-refractivity contribution in [2.45, 2.75) is 32.4 Å². The smallest absolute Gasteiger partial charge is 0.306 e. The summed E-state index contributed by atoms with van der Waals surface area (Å²) in [5, 5.41) is 3.84. The standard InChI is InChI=1S/C22H27ClN2O5S/c1-3-29-21-13-16(7-8-20(21)23)15-25(18-9-11-24-12-10-18)22(26)17-5-4-6-19(14-17)30-31(2,27)28/h4-8,13-14,18,24H,3,9-12,15H2,1-2H3. The number of carbonyl (C=O) groups is 1. The van der Waals surface area contributed by atoms with Gasteiger partial charge in [0.25, 0.3) is 5.91 Å². The van der Waals surface area contributed by atoms with Crippen LogP contribution in [0.15, 0.2) is 42.5 Å². The number of rotatable bonds is 8. The summed E-state index contributed by atoms with van der Waals surface area (Å²) in [6.45, 7) is 4.43.